The molecule has 1 aliphatic carbocycles. The number of benzene rings is 1. The number of rotatable bonds is 7. The molecule has 0 spiro atoms. The predicted octanol–water partition coefficient (Wildman–Crippen LogP) is 4.68. The van der Waals surface area contributed by atoms with Crippen molar-refractivity contribution in [2.75, 3.05) is 6.54 Å². The average Bonchev–Trinajstić information content (AvgIpc) is 3.23. The van der Waals surface area contributed by atoms with E-state index < -0.39 is 0 Å². The van der Waals surface area contributed by atoms with E-state index in [1.807, 2.05) is 30.3 Å². The zero-order valence-corrected chi connectivity index (χ0v) is 16.6. The van der Waals surface area contributed by atoms with Crippen LogP contribution in [0.4, 0.5) is 0 Å². The van der Waals surface area contributed by atoms with Crippen LogP contribution in [0, 0.1) is 5.92 Å². The fraction of sp³-hybridized carbons (Fsp3) is 0.316. The van der Waals surface area contributed by atoms with E-state index in [2.05, 4.69) is 16.8 Å². The lowest BCUT2D eigenvalue weighted by molar-refractivity contribution is 0.0924. The van der Waals surface area contributed by atoms with Crippen molar-refractivity contribution in [2.45, 2.75) is 28.8 Å². The fourth-order valence-electron chi connectivity index (χ4n) is 2.90. The van der Waals surface area contributed by atoms with Gasteiger partial charge < -0.3 is 15.5 Å². The molecule has 1 atom stereocenters. The number of hydrogen-bond donors (Lipinski definition) is 2. The lowest BCUT2D eigenvalue weighted by atomic mass is 10.1. The molecular weight excluding hydrogens is 388 g/mol. The molecule has 2 heterocycles. The molecule has 1 aromatic carbocycles. The van der Waals surface area contributed by atoms with Crippen LogP contribution in [-0.4, -0.2) is 18.5 Å². The molecule has 1 saturated carbocycles. The van der Waals surface area contributed by atoms with Gasteiger partial charge in [-0.05, 0) is 36.3 Å². The quantitative estimate of drug-likeness (QED) is 0.557. The van der Waals surface area contributed by atoms with Crippen LogP contribution >= 0.6 is 35.5 Å². The first-order valence-electron chi connectivity index (χ1n) is 8.43. The second-order valence-electron chi connectivity index (χ2n) is 6.34. The zero-order valence-electron chi connectivity index (χ0n) is 14.1. The molecule has 1 unspecified atom stereocenters. The molecule has 3 N–H and O–H groups in total. The fourth-order valence-corrected chi connectivity index (χ4v) is 4.71. The first-order chi connectivity index (χ1) is 12.2. The summed E-state index contributed by atoms with van der Waals surface area (Å²) in [6, 6.07) is 12.0. The van der Waals surface area contributed by atoms with Gasteiger partial charge in [-0.25, -0.2) is 0 Å². The monoisotopic (exact) mass is 408 g/mol. The standard InChI is InChI=1S/C19H20N2O2S2.ClH/c20-15(12-7-8-12)10-21-19(22)18-14(11-25-17-6-3-9-24-17)13-4-1-2-5-16(13)23-18;/h1-6,9,12,15H,7-8,10-11,20H2,(H,21,22);1H. The molecule has 0 bridgehead atoms. The van der Waals surface area contributed by atoms with Crippen LogP contribution in [0.3, 0.4) is 0 Å². The van der Waals surface area contributed by atoms with Crippen LogP contribution in [0.5, 0.6) is 0 Å². The number of fused-ring (bicyclic) bond motifs is 1. The van der Waals surface area contributed by atoms with Gasteiger partial charge in [0.2, 0.25) is 0 Å². The highest BCUT2D eigenvalue weighted by atomic mass is 35.5. The number of halogens is 1. The van der Waals surface area contributed by atoms with Gasteiger partial charge in [0, 0.05) is 29.3 Å². The summed E-state index contributed by atoms with van der Waals surface area (Å²) in [6.45, 7) is 0.498. The Morgan fingerprint density at radius 2 is 2.12 bits per heavy atom. The number of hydrogen-bond acceptors (Lipinski definition) is 5. The maximum atomic E-state index is 12.7. The maximum absolute atomic E-state index is 12.7. The summed E-state index contributed by atoms with van der Waals surface area (Å²) in [5.74, 6) is 1.50. The summed E-state index contributed by atoms with van der Waals surface area (Å²) in [6.07, 6.45) is 2.34. The van der Waals surface area contributed by atoms with Crippen molar-refractivity contribution in [2.24, 2.45) is 11.7 Å². The van der Waals surface area contributed by atoms with Crippen molar-refractivity contribution in [3.8, 4) is 0 Å². The van der Waals surface area contributed by atoms with Crippen LogP contribution in [0.1, 0.15) is 29.0 Å². The number of carbonyl (C=O) groups excluding carboxylic acids is 1. The number of para-hydroxylation sites is 1. The molecule has 0 radical (unpaired) electrons. The van der Waals surface area contributed by atoms with E-state index in [0.717, 1.165) is 16.5 Å². The van der Waals surface area contributed by atoms with Crippen LogP contribution in [-0.2, 0) is 5.75 Å². The molecule has 1 fully saturated rings. The molecule has 138 valence electrons. The van der Waals surface area contributed by atoms with E-state index in [0.29, 0.717) is 24.0 Å². The summed E-state index contributed by atoms with van der Waals surface area (Å²) in [4.78, 5) is 12.7. The number of furan rings is 1. The van der Waals surface area contributed by atoms with E-state index in [1.54, 1.807) is 23.1 Å². The molecular formula is C19H21ClN2O2S2. The van der Waals surface area contributed by atoms with Gasteiger partial charge in [0.05, 0.1) is 4.21 Å². The van der Waals surface area contributed by atoms with E-state index in [9.17, 15) is 4.79 Å². The van der Waals surface area contributed by atoms with Crippen molar-refractivity contribution < 1.29 is 9.21 Å². The van der Waals surface area contributed by atoms with Crippen molar-refractivity contribution in [3.05, 3.63) is 53.1 Å². The third-order valence-electron chi connectivity index (χ3n) is 4.48. The molecule has 2 aromatic heterocycles. The molecule has 3 aromatic rings. The van der Waals surface area contributed by atoms with Crippen LogP contribution in [0.25, 0.3) is 11.0 Å². The third-order valence-corrected chi connectivity index (χ3v) is 6.64. The van der Waals surface area contributed by atoms with Crippen LogP contribution in [0.2, 0.25) is 0 Å². The number of nitrogens with two attached hydrogens (primary N) is 1. The first kappa shape index (κ1) is 19.3. The number of amides is 1. The molecule has 7 heteroatoms. The molecule has 0 saturated heterocycles. The van der Waals surface area contributed by atoms with E-state index in [1.165, 1.54) is 17.1 Å². The molecule has 4 rings (SSSR count). The molecule has 0 aliphatic heterocycles. The normalized spacial score (nSPS) is 14.8. The highest BCUT2D eigenvalue weighted by molar-refractivity contribution is 8.00. The Morgan fingerprint density at radius 3 is 2.85 bits per heavy atom. The Morgan fingerprint density at radius 1 is 1.31 bits per heavy atom. The Labute approximate surface area is 166 Å². The highest BCUT2D eigenvalue weighted by Crippen LogP contribution is 2.34. The van der Waals surface area contributed by atoms with Gasteiger partial charge in [-0.3, -0.25) is 4.79 Å². The highest BCUT2D eigenvalue weighted by Gasteiger charge is 2.29. The topological polar surface area (TPSA) is 68.3 Å². The average molecular weight is 409 g/mol. The smallest absolute Gasteiger partial charge is 0.287 e. The third kappa shape index (κ3) is 4.26. The van der Waals surface area contributed by atoms with Crippen LogP contribution < -0.4 is 11.1 Å². The SMILES string of the molecule is Cl.NC(CNC(=O)c1oc2ccccc2c1CSc1cccs1)C1CC1. The second-order valence-corrected chi connectivity index (χ2v) is 8.56. The van der Waals surface area contributed by atoms with Gasteiger partial charge in [-0.1, -0.05) is 24.3 Å². The second kappa shape index (κ2) is 8.48. The van der Waals surface area contributed by atoms with Gasteiger partial charge in [0.25, 0.3) is 5.91 Å². The van der Waals surface area contributed by atoms with E-state index in [-0.39, 0.29) is 24.4 Å². The Bertz CT molecular complexity index is 875. The minimum Gasteiger partial charge on any atom is -0.451 e. The lowest BCUT2D eigenvalue weighted by Gasteiger charge is -2.11. The van der Waals surface area contributed by atoms with Gasteiger partial charge in [0.1, 0.15) is 5.58 Å². The van der Waals surface area contributed by atoms with Gasteiger partial charge in [-0.15, -0.1) is 35.5 Å². The van der Waals surface area contributed by atoms with Crippen molar-refractivity contribution >= 4 is 52.4 Å². The summed E-state index contributed by atoms with van der Waals surface area (Å²) in [5.41, 5.74) is 7.79. The Kier molecular flexibility index (Phi) is 6.29. The van der Waals surface area contributed by atoms with Gasteiger partial charge in [-0.2, -0.15) is 0 Å². The number of nitrogens with one attached hydrogen (secondary N) is 1. The number of thioether (sulfide) groups is 1. The molecule has 26 heavy (non-hydrogen) atoms. The number of carbonyl (C=O) groups is 1. The predicted molar refractivity (Wildman–Crippen MR) is 110 cm³/mol. The largest absolute Gasteiger partial charge is 0.451 e. The van der Waals surface area contributed by atoms with Crippen molar-refractivity contribution in [1.82, 2.24) is 5.32 Å². The summed E-state index contributed by atoms with van der Waals surface area (Å²) in [7, 11) is 0. The summed E-state index contributed by atoms with van der Waals surface area (Å²) < 4.78 is 7.11. The number of thiophene rings is 1. The van der Waals surface area contributed by atoms with Gasteiger partial charge >= 0.3 is 0 Å². The molecule has 4 nitrogen and oxygen atoms in total. The van der Waals surface area contributed by atoms with Crippen molar-refractivity contribution in [3.63, 3.8) is 0 Å². The first-order valence-corrected chi connectivity index (χ1v) is 10.3. The van der Waals surface area contributed by atoms with Gasteiger partial charge in [0.15, 0.2) is 5.76 Å². The Hall–Kier alpha value is -1.47. The maximum Gasteiger partial charge on any atom is 0.287 e. The van der Waals surface area contributed by atoms with Crippen LogP contribution in [0.15, 0.2) is 50.4 Å². The summed E-state index contributed by atoms with van der Waals surface area (Å²) >= 11 is 3.43. The summed E-state index contributed by atoms with van der Waals surface area (Å²) in [5, 5.41) is 6.01. The molecule has 1 aliphatic rings. The van der Waals surface area contributed by atoms with Crippen molar-refractivity contribution in [1.29, 1.82) is 0 Å². The van der Waals surface area contributed by atoms with E-state index in [4.69, 9.17) is 10.2 Å². The minimum absolute atomic E-state index is 0. The van der Waals surface area contributed by atoms with E-state index >= 15 is 0 Å². The lowest BCUT2D eigenvalue weighted by Crippen LogP contribution is -2.38. The minimum atomic E-state index is -0.172. The zero-order chi connectivity index (χ0) is 17.2. The molecule has 1 amide bonds. The Balaban J connectivity index is 0.00000196.